The number of hydrogen-bond acceptors (Lipinski definition) is 6. The Bertz CT molecular complexity index is 1100. The highest BCUT2D eigenvalue weighted by Gasteiger charge is 2.35. The molecular formula is C25H28N4O3. The van der Waals surface area contributed by atoms with Crippen molar-refractivity contribution in [3.8, 4) is 22.9 Å². The standard InChI is InChI=1S/C25H28N4O3/c1-16(32-19-7-5-6-18(12-19)31-4)24(30)29-22-14-25(2,3)13-21-20(22)15-27-23(28-21)17-8-10-26-11-9-17/h5-12,15-16,22H,13-14H2,1-4H3,(H,29,30)/t16-,22-/m0/s1. The number of ether oxygens (including phenoxy) is 2. The van der Waals surface area contributed by atoms with Crippen LogP contribution in [-0.4, -0.2) is 34.1 Å². The fraction of sp³-hybridized carbons (Fsp3) is 0.360. The van der Waals surface area contributed by atoms with Crippen LogP contribution >= 0.6 is 0 Å². The number of nitrogens with zero attached hydrogens (tertiary/aromatic N) is 3. The summed E-state index contributed by atoms with van der Waals surface area (Å²) in [4.78, 5) is 26.4. The molecule has 32 heavy (non-hydrogen) atoms. The largest absolute Gasteiger partial charge is 0.497 e. The van der Waals surface area contributed by atoms with Crippen molar-refractivity contribution < 1.29 is 14.3 Å². The first-order valence-electron chi connectivity index (χ1n) is 10.7. The van der Waals surface area contributed by atoms with Crippen molar-refractivity contribution in [3.05, 3.63) is 66.2 Å². The lowest BCUT2D eigenvalue weighted by atomic mass is 9.74. The van der Waals surface area contributed by atoms with E-state index < -0.39 is 6.10 Å². The van der Waals surface area contributed by atoms with E-state index in [-0.39, 0.29) is 17.4 Å². The number of carbonyl (C=O) groups excluding carboxylic acids is 1. The van der Waals surface area contributed by atoms with Gasteiger partial charge in [0, 0.05) is 35.8 Å². The third-order valence-electron chi connectivity index (χ3n) is 5.66. The molecular weight excluding hydrogens is 404 g/mol. The van der Waals surface area contributed by atoms with E-state index in [0.29, 0.717) is 17.3 Å². The minimum absolute atomic E-state index is 0.00823. The summed E-state index contributed by atoms with van der Waals surface area (Å²) in [5.74, 6) is 1.75. The maximum absolute atomic E-state index is 13.0. The van der Waals surface area contributed by atoms with Gasteiger partial charge in [-0.05, 0) is 49.4 Å². The van der Waals surface area contributed by atoms with E-state index in [2.05, 4.69) is 29.1 Å². The lowest BCUT2D eigenvalue weighted by Crippen LogP contribution is -2.42. The monoisotopic (exact) mass is 432 g/mol. The molecule has 1 aliphatic carbocycles. The van der Waals surface area contributed by atoms with Crippen molar-refractivity contribution in [3.63, 3.8) is 0 Å². The van der Waals surface area contributed by atoms with Crippen molar-refractivity contribution in [2.75, 3.05) is 7.11 Å². The molecule has 1 N–H and O–H groups in total. The Morgan fingerprint density at radius 3 is 2.69 bits per heavy atom. The number of pyridine rings is 1. The highest BCUT2D eigenvalue weighted by atomic mass is 16.5. The maximum Gasteiger partial charge on any atom is 0.261 e. The van der Waals surface area contributed by atoms with Crippen LogP contribution in [0.1, 0.15) is 44.5 Å². The van der Waals surface area contributed by atoms with Gasteiger partial charge in [-0.1, -0.05) is 19.9 Å². The lowest BCUT2D eigenvalue weighted by molar-refractivity contribution is -0.128. The van der Waals surface area contributed by atoms with E-state index >= 15 is 0 Å². The molecule has 2 aromatic heterocycles. The van der Waals surface area contributed by atoms with Crippen LogP contribution in [0.3, 0.4) is 0 Å². The maximum atomic E-state index is 13.0. The molecule has 1 aliphatic rings. The number of benzene rings is 1. The van der Waals surface area contributed by atoms with Crippen LogP contribution in [0.5, 0.6) is 11.5 Å². The zero-order chi connectivity index (χ0) is 22.7. The summed E-state index contributed by atoms with van der Waals surface area (Å²) in [5, 5.41) is 3.15. The van der Waals surface area contributed by atoms with Gasteiger partial charge >= 0.3 is 0 Å². The number of rotatable bonds is 6. The molecule has 1 amide bonds. The molecule has 3 aromatic rings. The van der Waals surface area contributed by atoms with Crippen molar-refractivity contribution in [1.29, 1.82) is 0 Å². The molecule has 0 aliphatic heterocycles. The quantitative estimate of drug-likeness (QED) is 0.630. The Labute approximate surface area is 188 Å². The van der Waals surface area contributed by atoms with Gasteiger partial charge in [0.25, 0.3) is 5.91 Å². The summed E-state index contributed by atoms with van der Waals surface area (Å²) in [6.07, 6.45) is 6.27. The van der Waals surface area contributed by atoms with Crippen molar-refractivity contribution in [2.24, 2.45) is 5.41 Å². The smallest absolute Gasteiger partial charge is 0.261 e. The SMILES string of the molecule is COc1cccc(O[C@@H](C)C(=O)N[C@H]2CC(C)(C)Cc3nc(-c4ccncc4)ncc32)c1. The van der Waals surface area contributed by atoms with Gasteiger partial charge in [0.15, 0.2) is 11.9 Å². The van der Waals surface area contributed by atoms with Crippen LogP contribution in [0.25, 0.3) is 11.4 Å². The molecule has 0 unspecified atom stereocenters. The predicted molar refractivity (Wildman–Crippen MR) is 121 cm³/mol. The minimum Gasteiger partial charge on any atom is -0.497 e. The van der Waals surface area contributed by atoms with E-state index in [0.717, 1.165) is 29.7 Å². The first-order valence-corrected chi connectivity index (χ1v) is 10.7. The topological polar surface area (TPSA) is 86.2 Å². The summed E-state index contributed by atoms with van der Waals surface area (Å²) in [7, 11) is 1.60. The second kappa shape index (κ2) is 8.94. The van der Waals surface area contributed by atoms with E-state index in [4.69, 9.17) is 14.5 Å². The molecule has 7 nitrogen and oxygen atoms in total. The summed E-state index contributed by atoms with van der Waals surface area (Å²) < 4.78 is 11.1. The summed E-state index contributed by atoms with van der Waals surface area (Å²) in [6, 6.07) is 10.8. The normalized spacial score (nSPS) is 17.7. The molecule has 0 fully saturated rings. The highest BCUT2D eigenvalue weighted by molar-refractivity contribution is 5.81. The molecule has 166 valence electrons. The number of amides is 1. The fourth-order valence-electron chi connectivity index (χ4n) is 4.04. The molecule has 2 heterocycles. The van der Waals surface area contributed by atoms with Gasteiger partial charge in [-0.3, -0.25) is 9.78 Å². The Balaban J connectivity index is 1.53. The zero-order valence-electron chi connectivity index (χ0n) is 18.8. The first kappa shape index (κ1) is 21.7. The summed E-state index contributed by atoms with van der Waals surface area (Å²) >= 11 is 0. The van der Waals surface area contributed by atoms with E-state index in [9.17, 15) is 4.79 Å². The van der Waals surface area contributed by atoms with Gasteiger partial charge in [-0.15, -0.1) is 0 Å². The predicted octanol–water partition coefficient (Wildman–Crippen LogP) is 4.14. The number of nitrogens with one attached hydrogen (secondary N) is 1. The zero-order valence-corrected chi connectivity index (χ0v) is 18.8. The third-order valence-corrected chi connectivity index (χ3v) is 5.66. The van der Waals surface area contributed by atoms with Crippen LogP contribution < -0.4 is 14.8 Å². The fourth-order valence-corrected chi connectivity index (χ4v) is 4.04. The van der Waals surface area contributed by atoms with Crippen LogP contribution in [0.2, 0.25) is 0 Å². The highest BCUT2D eigenvalue weighted by Crippen LogP contribution is 2.40. The van der Waals surface area contributed by atoms with Gasteiger partial charge in [0.1, 0.15) is 11.5 Å². The average molecular weight is 433 g/mol. The van der Waals surface area contributed by atoms with Crippen molar-refractivity contribution in [1.82, 2.24) is 20.3 Å². The van der Waals surface area contributed by atoms with Crippen LogP contribution in [0.4, 0.5) is 0 Å². The number of methoxy groups -OCH3 is 1. The van der Waals surface area contributed by atoms with E-state index in [1.54, 1.807) is 38.6 Å². The second-order valence-corrected chi connectivity index (χ2v) is 8.88. The van der Waals surface area contributed by atoms with Crippen molar-refractivity contribution in [2.45, 2.75) is 45.8 Å². The van der Waals surface area contributed by atoms with E-state index in [1.165, 1.54) is 0 Å². The number of fused-ring (bicyclic) bond motifs is 1. The van der Waals surface area contributed by atoms with Gasteiger partial charge in [0.2, 0.25) is 0 Å². The van der Waals surface area contributed by atoms with Gasteiger partial charge < -0.3 is 14.8 Å². The Hall–Kier alpha value is -3.48. The summed E-state index contributed by atoms with van der Waals surface area (Å²) in [5.41, 5.74) is 2.84. The molecule has 4 rings (SSSR count). The molecule has 7 heteroatoms. The molecule has 1 aromatic carbocycles. The minimum atomic E-state index is -0.660. The first-order chi connectivity index (χ1) is 15.3. The number of hydrogen-bond donors (Lipinski definition) is 1. The van der Waals surface area contributed by atoms with Crippen LogP contribution in [0, 0.1) is 5.41 Å². The Kier molecular flexibility index (Phi) is 6.08. The molecule has 2 atom stereocenters. The number of aromatic nitrogens is 3. The van der Waals surface area contributed by atoms with Gasteiger partial charge in [-0.25, -0.2) is 9.97 Å². The third kappa shape index (κ3) is 4.88. The average Bonchev–Trinajstić information content (AvgIpc) is 2.78. The van der Waals surface area contributed by atoms with Crippen molar-refractivity contribution >= 4 is 5.91 Å². The number of carbonyl (C=O) groups is 1. The lowest BCUT2D eigenvalue weighted by Gasteiger charge is -2.37. The van der Waals surface area contributed by atoms with Crippen LogP contribution in [-0.2, 0) is 11.2 Å². The molecule has 0 saturated carbocycles. The van der Waals surface area contributed by atoms with Gasteiger partial charge in [-0.2, -0.15) is 0 Å². The second-order valence-electron chi connectivity index (χ2n) is 8.88. The Morgan fingerprint density at radius 2 is 1.94 bits per heavy atom. The Morgan fingerprint density at radius 1 is 1.19 bits per heavy atom. The van der Waals surface area contributed by atoms with Crippen LogP contribution in [0.15, 0.2) is 55.0 Å². The molecule has 0 saturated heterocycles. The molecule has 0 bridgehead atoms. The van der Waals surface area contributed by atoms with E-state index in [1.807, 2.05) is 30.5 Å². The molecule has 0 spiro atoms. The van der Waals surface area contributed by atoms with Gasteiger partial charge in [0.05, 0.1) is 18.8 Å². The molecule has 0 radical (unpaired) electrons. The summed E-state index contributed by atoms with van der Waals surface area (Å²) in [6.45, 7) is 6.13.